The van der Waals surface area contributed by atoms with Gasteiger partial charge >= 0.3 is 0 Å². The molecule has 0 N–H and O–H groups in total. The van der Waals surface area contributed by atoms with Gasteiger partial charge in [0.2, 0.25) is 0 Å². The van der Waals surface area contributed by atoms with Crippen molar-refractivity contribution < 1.29 is 4.74 Å². The molecule has 0 fully saturated rings. The Morgan fingerprint density at radius 1 is 1.21 bits per heavy atom. The molecule has 4 heteroatoms. The lowest BCUT2D eigenvalue weighted by molar-refractivity contribution is 0.341. The zero-order chi connectivity index (χ0) is 16.9. The van der Waals surface area contributed by atoms with Crippen molar-refractivity contribution in [3.05, 3.63) is 66.2 Å². The number of ether oxygens (including phenoxy) is 1. The highest BCUT2D eigenvalue weighted by molar-refractivity contribution is 7.99. The van der Waals surface area contributed by atoms with Crippen LogP contribution in [0, 0.1) is 13.8 Å². The van der Waals surface area contributed by atoms with Crippen LogP contribution in [0.2, 0.25) is 0 Å². The number of aryl methyl sites for hydroxylation is 2. The third-order valence-electron chi connectivity index (χ3n) is 3.85. The molecule has 2 aromatic carbocycles. The molecule has 0 aliphatic heterocycles. The quantitative estimate of drug-likeness (QED) is 0.344. The number of para-hydroxylation sites is 2. The first-order valence-electron chi connectivity index (χ1n) is 8.08. The summed E-state index contributed by atoms with van der Waals surface area (Å²) in [5, 5.41) is 1.01. The maximum Gasteiger partial charge on any atom is 0.169 e. The van der Waals surface area contributed by atoms with Gasteiger partial charge in [0, 0.05) is 12.3 Å². The van der Waals surface area contributed by atoms with E-state index in [9.17, 15) is 0 Å². The van der Waals surface area contributed by atoms with Gasteiger partial charge in [-0.15, -0.1) is 6.58 Å². The molecule has 0 amide bonds. The van der Waals surface area contributed by atoms with Gasteiger partial charge in [0.25, 0.3) is 0 Å². The number of thioether (sulfide) groups is 1. The molecule has 124 valence electrons. The fourth-order valence-electron chi connectivity index (χ4n) is 2.62. The first kappa shape index (κ1) is 16.7. The van der Waals surface area contributed by atoms with Crippen molar-refractivity contribution in [2.24, 2.45) is 0 Å². The molecule has 0 unspecified atom stereocenters. The third kappa shape index (κ3) is 3.65. The highest BCUT2D eigenvalue weighted by Crippen LogP contribution is 2.25. The number of hydrogen-bond donors (Lipinski definition) is 0. The summed E-state index contributed by atoms with van der Waals surface area (Å²) in [6, 6.07) is 14.5. The topological polar surface area (TPSA) is 27.1 Å². The minimum absolute atomic E-state index is 0.659. The van der Waals surface area contributed by atoms with Gasteiger partial charge in [0.05, 0.1) is 17.6 Å². The molecule has 1 aromatic heterocycles. The number of fused-ring (bicyclic) bond motifs is 1. The van der Waals surface area contributed by atoms with Crippen molar-refractivity contribution in [3.8, 4) is 5.75 Å². The summed E-state index contributed by atoms with van der Waals surface area (Å²) in [6.45, 7) is 9.44. The van der Waals surface area contributed by atoms with Crippen LogP contribution in [-0.2, 0) is 6.54 Å². The predicted molar refractivity (Wildman–Crippen MR) is 102 cm³/mol. The summed E-state index contributed by atoms with van der Waals surface area (Å²) in [5.74, 6) is 1.82. The van der Waals surface area contributed by atoms with E-state index < -0.39 is 0 Å². The molecule has 3 nitrogen and oxygen atoms in total. The van der Waals surface area contributed by atoms with Crippen LogP contribution in [0.5, 0.6) is 5.75 Å². The smallest absolute Gasteiger partial charge is 0.169 e. The van der Waals surface area contributed by atoms with Gasteiger partial charge in [0.1, 0.15) is 5.75 Å². The fourth-order valence-corrected chi connectivity index (χ4v) is 3.46. The number of hydrogen-bond acceptors (Lipinski definition) is 3. The van der Waals surface area contributed by atoms with Crippen molar-refractivity contribution in [1.29, 1.82) is 0 Å². The van der Waals surface area contributed by atoms with E-state index in [0.29, 0.717) is 6.61 Å². The lowest BCUT2D eigenvalue weighted by Gasteiger charge is -2.10. The number of imidazole rings is 1. The van der Waals surface area contributed by atoms with Crippen LogP contribution in [-0.4, -0.2) is 21.9 Å². The Morgan fingerprint density at radius 3 is 2.88 bits per heavy atom. The highest BCUT2D eigenvalue weighted by atomic mass is 32.2. The summed E-state index contributed by atoms with van der Waals surface area (Å²) in [6.07, 6.45) is 1.91. The van der Waals surface area contributed by atoms with E-state index in [0.717, 1.165) is 34.2 Å². The van der Waals surface area contributed by atoms with E-state index in [1.807, 2.05) is 24.3 Å². The van der Waals surface area contributed by atoms with Crippen LogP contribution in [0.4, 0.5) is 0 Å². The van der Waals surface area contributed by atoms with E-state index in [4.69, 9.17) is 9.72 Å². The van der Waals surface area contributed by atoms with Crippen LogP contribution in [0.1, 0.15) is 11.1 Å². The summed E-state index contributed by atoms with van der Waals surface area (Å²) < 4.78 is 8.13. The second-order valence-electron chi connectivity index (χ2n) is 5.75. The first-order valence-corrected chi connectivity index (χ1v) is 9.06. The maximum absolute atomic E-state index is 5.94. The fraction of sp³-hybridized carbons (Fsp3) is 0.250. The zero-order valence-corrected chi connectivity index (χ0v) is 15.0. The van der Waals surface area contributed by atoms with Crippen molar-refractivity contribution in [2.75, 3.05) is 12.4 Å². The van der Waals surface area contributed by atoms with E-state index >= 15 is 0 Å². The molecule has 3 aromatic rings. The summed E-state index contributed by atoms with van der Waals surface area (Å²) in [7, 11) is 0. The van der Waals surface area contributed by atoms with Crippen LogP contribution in [0.25, 0.3) is 11.0 Å². The first-order chi connectivity index (χ1) is 11.7. The van der Waals surface area contributed by atoms with Gasteiger partial charge in [-0.25, -0.2) is 4.98 Å². The van der Waals surface area contributed by atoms with Crippen molar-refractivity contribution in [2.45, 2.75) is 25.5 Å². The summed E-state index contributed by atoms with van der Waals surface area (Å²) in [4.78, 5) is 4.73. The second kappa shape index (κ2) is 7.58. The molecule has 0 aliphatic carbocycles. The summed E-state index contributed by atoms with van der Waals surface area (Å²) >= 11 is 1.72. The maximum atomic E-state index is 5.94. The monoisotopic (exact) mass is 338 g/mol. The largest absolute Gasteiger partial charge is 0.492 e. The van der Waals surface area contributed by atoms with E-state index in [1.165, 1.54) is 11.1 Å². The normalized spacial score (nSPS) is 10.9. The Balaban J connectivity index is 1.66. The second-order valence-corrected chi connectivity index (χ2v) is 6.81. The molecule has 0 atom stereocenters. The number of aromatic nitrogens is 2. The van der Waals surface area contributed by atoms with Gasteiger partial charge in [-0.1, -0.05) is 42.1 Å². The SMILES string of the molecule is C=CCn1c(SCCOc2cc(C)ccc2C)nc2ccccc21. The van der Waals surface area contributed by atoms with Gasteiger partial charge < -0.3 is 9.30 Å². The third-order valence-corrected chi connectivity index (χ3v) is 4.79. The average molecular weight is 338 g/mol. The molecule has 0 saturated carbocycles. The minimum atomic E-state index is 0.659. The number of benzene rings is 2. The molecule has 3 rings (SSSR count). The Kier molecular flexibility index (Phi) is 5.26. The van der Waals surface area contributed by atoms with Gasteiger partial charge in [-0.2, -0.15) is 0 Å². The molecule has 1 heterocycles. The molecule has 0 saturated heterocycles. The molecule has 24 heavy (non-hydrogen) atoms. The van der Waals surface area contributed by atoms with Gasteiger partial charge in [-0.3, -0.25) is 0 Å². The number of allylic oxidation sites excluding steroid dienone is 1. The van der Waals surface area contributed by atoms with Gasteiger partial charge in [-0.05, 0) is 43.2 Å². The van der Waals surface area contributed by atoms with Crippen molar-refractivity contribution in [1.82, 2.24) is 9.55 Å². The van der Waals surface area contributed by atoms with E-state index in [1.54, 1.807) is 11.8 Å². The van der Waals surface area contributed by atoms with E-state index in [-0.39, 0.29) is 0 Å². The average Bonchev–Trinajstić information content (AvgIpc) is 2.93. The molecule has 0 aliphatic rings. The standard InChI is InChI=1S/C20H22N2OS/c1-4-11-22-18-8-6-5-7-17(18)21-20(22)24-13-12-23-19-14-15(2)9-10-16(19)3/h4-10,14H,1,11-13H2,2-3H3. The Morgan fingerprint density at radius 2 is 2.04 bits per heavy atom. The molecule has 0 bridgehead atoms. The molecular weight excluding hydrogens is 316 g/mol. The lowest BCUT2D eigenvalue weighted by Crippen LogP contribution is -2.04. The zero-order valence-electron chi connectivity index (χ0n) is 14.2. The minimum Gasteiger partial charge on any atom is -0.492 e. The van der Waals surface area contributed by atoms with Crippen molar-refractivity contribution in [3.63, 3.8) is 0 Å². The van der Waals surface area contributed by atoms with E-state index in [2.05, 4.69) is 49.3 Å². The van der Waals surface area contributed by atoms with Crippen LogP contribution in [0.15, 0.2) is 60.3 Å². The van der Waals surface area contributed by atoms with Crippen molar-refractivity contribution >= 4 is 22.8 Å². The lowest BCUT2D eigenvalue weighted by atomic mass is 10.1. The van der Waals surface area contributed by atoms with Crippen LogP contribution < -0.4 is 4.74 Å². The molecular formula is C20H22N2OS. The number of rotatable bonds is 7. The van der Waals surface area contributed by atoms with Crippen LogP contribution in [0.3, 0.4) is 0 Å². The molecule has 0 radical (unpaired) electrons. The number of nitrogens with zero attached hydrogens (tertiary/aromatic N) is 2. The highest BCUT2D eigenvalue weighted by Gasteiger charge is 2.10. The van der Waals surface area contributed by atoms with Gasteiger partial charge in [0.15, 0.2) is 5.16 Å². The predicted octanol–water partition coefficient (Wildman–Crippen LogP) is 5.01. The van der Waals surface area contributed by atoms with Crippen LogP contribution >= 0.6 is 11.8 Å². The molecule has 0 spiro atoms. The Hall–Kier alpha value is -2.20. The Labute approximate surface area is 147 Å². The Bertz CT molecular complexity index is 854. The summed E-state index contributed by atoms with van der Waals surface area (Å²) in [5.41, 5.74) is 4.56.